The van der Waals surface area contributed by atoms with Gasteiger partial charge in [0.15, 0.2) is 11.5 Å². The van der Waals surface area contributed by atoms with Gasteiger partial charge in [-0.3, -0.25) is 15.4 Å². The molecule has 0 fully saturated rings. The minimum absolute atomic E-state index is 0.343. The number of ether oxygens (including phenoxy) is 3. The lowest BCUT2D eigenvalue weighted by Gasteiger charge is -2.23. The van der Waals surface area contributed by atoms with Gasteiger partial charge in [-0.1, -0.05) is 0 Å². The fraction of sp³-hybridized carbons (Fsp3) is 0.286. The Hall–Kier alpha value is -2.88. The van der Waals surface area contributed by atoms with Gasteiger partial charge in [0.05, 0.1) is 27.0 Å². The lowest BCUT2D eigenvalue weighted by molar-refractivity contribution is 0.324. The van der Waals surface area contributed by atoms with Gasteiger partial charge in [-0.05, 0) is 6.08 Å². The largest absolute Gasteiger partial charge is 0.493 e. The second-order valence-electron chi connectivity index (χ2n) is 4.11. The number of nitrogens with zero attached hydrogens (tertiary/aromatic N) is 3. The Morgan fingerprint density at radius 2 is 1.86 bits per heavy atom. The number of rotatable bonds is 5. The van der Waals surface area contributed by atoms with Gasteiger partial charge in [0.1, 0.15) is 18.4 Å². The van der Waals surface area contributed by atoms with E-state index < -0.39 is 0 Å². The van der Waals surface area contributed by atoms with E-state index >= 15 is 0 Å². The van der Waals surface area contributed by atoms with Crippen LogP contribution in [0.5, 0.6) is 17.2 Å². The Morgan fingerprint density at radius 1 is 1.19 bits per heavy atom. The van der Waals surface area contributed by atoms with Crippen molar-refractivity contribution in [3.8, 4) is 23.3 Å². The van der Waals surface area contributed by atoms with Gasteiger partial charge in [-0.25, -0.2) is 0 Å². The van der Waals surface area contributed by atoms with Crippen molar-refractivity contribution in [1.29, 1.82) is 5.26 Å². The fourth-order valence-corrected chi connectivity index (χ4v) is 1.87. The van der Waals surface area contributed by atoms with Crippen molar-refractivity contribution in [3.05, 3.63) is 24.4 Å². The van der Waals surface area contributed by atoms with E-state index in [0.29, 0.717) is 29.6 Å². The monoisotopic (exact) mass is 288 g/mol. The Bertz CT molecular complexity index is 594. The van der Waals surface area contributed by atoms with Crippen LogP contribution in [0.1, 0.15) is 0 Å². The number of hydrazine groups is 1. The predicted octanol–water partition coefficient (Wildman–Crippen LogP) is 1.79. The van der Waals surface area contributed by atoms with Crippen LogP contribution in [0.3, 0.4) is 0 Å². The number of hydrogen-bond acceptors (Lipinski definition) is 7. The highest BCUT2D eigenvalue weighted by Gasteiger charge is 2.14. The van der Waals surface area contributed by atoms with Crippen molar-refractivity contribution >= 4 is 11.4 Å². The first-order valence-electron chi connectivity index (χ1n) is 6.18. The predicted molar refractivity (Wildman–Crippen MR) is 78.6 cm³/mol. The highest BCUT2D eigenvalue weighted by molar-refractivity contribution is 6.07. The molecule has 1 heterocycles. The van der Waals surface area contributed by atoms with Crippen LogP contribution in [-0.2, 0) is 0 Å². The quantitative estimate of drug-likeness (QED) is 0.890. The molecule has 0 bridgehead atoms. The molecule has 0 saturated heterocycles. The maximum atomic E-state index is 8.74. The number of allylic oxidation sites excluding steroid dienone is 1. The van der Waals surface area contributed by atoms with Crippen LogP contribution >= 0.6 is 0 Å². The average molecular weight is 288 g/mol. The Labute approximate surface area is 123 Å². The van der Waals surface area contributed by atoms with Crippen LogP contribution in [0.15, 0.2) is 29.4 Å². The third-order valence-electron chi connectivity index (χ3n) is 2.86. The molecule has 2 rings (SSSR count). The Balaban J connectivity index is 2.20. The van der Waals surface area contributed by atoms with Crippen LogP contribution in [0.25, 0.3) is 0 Å². The maximum Gasteiger partial charge on any atom is 0.203 e. The van der Waals surface area contributed by atoms with Crippen molar-refractivity contribution in [2.45, 2.75) is 0 Å². The van der Waals surface area contributed by atoms with Gasteiger partial charge >= 0.3 is 0 Å². The summed E-state index contributed by atoms with van der Waals surface area (Å²) in [4.78, 5) is 4.09. The number of methoxy groups -OCH3 is 3. The van der Waals surface area contributed by atoms with E-state index in [1.54, 1.807) is 50.7 Å². The lowest BCUT2D eigenvalue weighted by atomic mass is 10.2. The molecule has 1 aromatic rings. The van der Waals surface area contributed by atoms with Crippen molar-refractivity contribution < 1.29 is 14.2 Å². The summed E-state index contributed by atoms with van der Waals surface area (Å²) in [6, 6.07) is 5.57. The second-order valence-corrected chi connectivity index (χ2v) is 4.11. The molecular formula is C14H16N4O3. The molecule has 7 nitrogen and oxygen atoms in total. The highest BCUT2D eigenvalue weighted by atomic mass is 16.5. The molecule has 0 aromatic heterocycles. The van der Waals surface area contributed by atoms with E-state index in [0.717, 1.165) is 5.69 Å². The minimum Gasteiger partial charge on any atom is -0.493 e. The van der Waals surface area contributed by atoms with E-state index in [1.165, 1.54) is 0 Å². The first-order chi connectivity index (χ1) is 10.2. The van der Waals surface area contributed by atoms with Crippen molar-refractivity contribution in [1.82, 2.24) is 5.01 Å². The summed E-state index contributed by atoms with van der Waals surface area (Å²) in [7, 11) is 4.68. The summed E-state index contributed by atoms with van der Waals surface area (Å²) in [5.41, 5.74) is 4.30. The molecule has 110 valence electrons. The molecule has 1 N–H and O–H groups in total. The molecule has 21 heavy (non-hydrogen) atoms. The van der Waals surface area contributed by atoms with E-state index in [-0.39, 0.29) is 0 Å². The van der Waals surface area contributed by atoms with Crippen molar-refractivity contribution in [3.63, 3.8) is 0 Å². The normalized spacial score (nSPS) is 13.2. The van der Waals surface area contributed by atoms with Gasteiger partial charge in [0, 0.05) is 18.3 Å². The molecule has 1 aromatic carbocycles. The van der Waals surface area contributed by atoms with Crippen LogP contribution in [-0.4, -0.2) is 38.7 Å². The summed E-state index contributed by atoms with van der Waals surface area (Å²) in [6.45, 7) is 0.343. The number of benzene rings is 1. The van der Waals surface area contributed by atoms with Crippen LogP contribution < -0.4 is 19.6 Å². The first kappa shape index (κ1) is 14.5. The zero-order valence-corrected chi connectivity index (χ0v) is 12.1. The van der Waals surface area contributed by atoms with E-state index in [1.807, 2.05) is 6.07 Å². The van der Waals surface area contributed by atoms with Crippen LogP contribution in [0.4, 0.5) is 5.69 Å². The maximum absolute atomic E-state index is 8.74. The topological polar surface area (TPSA) is 79.1 Å². The molecule has 0 radical (unpaired) electrons. The SMILES string of the molecule is COc1cc(NN2C=CC(C#N)=NC2)cc(OC)c1OC. The summed E-state index contributed by atoms with van der Waals surface area (Å²) in [5, 5.41) is 10.5. The summed E-state index contributed by atoms with van der Waals surface area (Å²) in [5.74, 6) is 1.65. The fourth-order valence-electron chi connectivity index (χ4n) is 1.87. The molecule has 0 unspecified atom stereocenters. The van der Waals surface area contributed by atoms with E-state index in [4.69, 9.17) is 19.5 Å². The molecule has 1 aliphatic rings. The smallest absolute Gasteiger partial charge is 0.203 e. The third kappa shape index (κ3) is 3.17. The summed E-state index contributed by atoms with van der Waals surface area (Å²) in [6.07, 6.45) is 3.38. The lowest BCUT2D eigenvalue weighted by Crippen LogP contribution is -2.27. The number of nitrogens with one attached hydrogen (secondary N) is 1. The minimum atomic E-state index is 0.343. The second kappa shape index (κ2) is 6.52. The molecular weight excluding hydrogens is 272 g/mol. The van der Waals surface area contributed by atoms with Crippen molar-refractivity contribution in [2.24, 2.45) is 4.99 Å². The molecule has 0 spiro atoms. The van der Waals surface area contributed by atoms with Crippen molar-refractivity contribution in [2.75, 3.05) is 33.4 Å². The molecule has 7 heteroatoms. The molecule has 0 atom stereocenters. The number of aliphatic imine (C=N–C) groups is 1. The first-order valence-corrected chi connectivity index (χ1v) is 6.18. The van der Waals surface area contributed by atoms with Crippen LogP contribution in [0, 0.1) is 11.3 Å². The van der Waals surface area contributed by atoms with Gasteiger partial charge in [-0.2, -0.15) is 5.26 Å². The summed E-state index contributed by atoms with van der Waals surface area (Å²) >= 11 is 0. The number of anilines is 1. The van der Waals surface area contributed by atoms with Gasteiger partial charge < -0.3 is 14.2 Å². The zero-order chi connectivity index (χ0) is 15.2. The Kier molecular flexibility index (Phi) is 4.51. The highest BCUT2D eigenvalue weighted by Crippen LogP contribution is 2.40. The third-order valence-corrected chi connectivity index (χ3v) is 2.86. The molecule has 0 aliphatic carbocycles. The van der Waals surface area contributed by atoms with Crippen LogP contribution in [0.2, 0.25) is 0 Å². The van der Waals surface area contributed by atoms with Gasteiger partial charge in [0.25, 0.3) is 0 Å². The molecule has 0 saturated carbocycles. The molecule has 0 amide bonds. The summed E-state index contributed by atoms with van der Waals surface area (Å²) < 4.78 is 15.9. The standard InChI is InChI=1S/C14H16N4O3/c1-19-12-6-11(7-13(20-2)14(12)21-3)17-18-5-4-10(8-15)16-9-18/h4-7,17H,9H2,1-3H3. The zero-order valence-electron chi connectivity index (χ0n) is 12.1. The number of hydrogen-bond donors (Lipinski definition) is 1. The van der Waals surface area contributed by atoms with Gasteiger partial charge in [-0.15, -0.1) is 0 Å². The average Bonchev–Trinajstić information content (AvgIpc) is 2.54. The Morgan fingerprint density at radius 3 is 2.29 bits per heavy atom. The van der Waals surface area contributed by atoms with Gasteiger partial charge in [0.2, 0.25) is 5.75 Å². The molecule has 1 aliphatic heterocycles. The van der Waals surface area contributed by atoms with E-state index in [9.17, 15) is 0 Å². The van der Waals surface area contributed by atoms with E-state index in [2.05, 4.69) is 10.4 Å². The number of nitriles is 1.